The SMILES string of the molecule is Cc1c(Cl)ccc(S(=O)(=O)NC(C)(C)C)c1Cl. The van der Waals surface area contributed by atoms with E-state index >= 15 is 0 Å². The van der Waals surface area contributed by atoms with E-state index in [1.165, 1.54) is 12.1 Å². The Morgan fingerprint density at radius 2 is 1.71 bits per heavy atom. The number of nitrogens with one attached hydrogen (secondary N) is 1. The van der Waals surface area contributed by atoms with Crippen LogP contribution in [0.15, 0.2) is 17.0 Å². The van der Waals surface area contributed by atoms with Gasteiger partial charge in [-0.05, 0) is 45.4 Å². The van der Waals surface area contributed by atoms with E-state index in [1.54, 1.807) is 27.7 Å². The summed E-state index contributed by atoms with van der Waals surface area (Å²) >= 11 is 11.9. The molecule has 0 unspecified atom stereocenters. The van der Waals surface area contributed by atoms with Crippen molar-refractivity contribution in [1.29, 1.82) is 0 Å². The molecule has 1 aromatic rings. The molecule has 0 radical (unpaired) electrons. The first-order chi connectivity index (χ1) is 7.54. The molecule has 96 valence electrons. The maximum Gasteiger partial charge on any atom is 0.242 e. The summed E-state index contributed by atoms with van der Waals surface area (Å²) in [6.45, 7) is 6.98. The second-order valence-electron chi connectivity index (χ2n) is 4.84. The van der Waals surface area contributed by atoms with Gasteiger partial charge in [0.1, 0.15) is 4.90 Å². The Bertz CT molecular complexity index is 533. The summed E-state index contributed by atoms with van der Waals surface area (Å²) in [6.07, 6.45) is 0. The molecular weight excluding hydrogens is 281 g/mol. The second-order valence-corrected chi connectivity index (χ2v) is 7.28. The normalized spacial score (nSPS) is 12.8. The molecule has 0 saturated carbocycles. The van der Waals surface area contributed by atoms with Gasteiger partial charge in [-0.1, -0.05) is 23.2 Å². The van der Waals surface area contributed by atoms with Crippen LogP contribution in [-0.4, -0.2) is 14.0 Å². The van der Waals surface area contributed by atoms with E-state index in [-0.39, 0.29) is 9.92 Å². The number of rotatable bonds is 2. The van der Waals surface area contributed by atoms with Crippen LogP contribution in [0.2, 0.25) is 10.0 Å². The molecule has 0 bridgehead atoms. The zero-order valence-electron chi connectivity index (χ0n) is 10.1. The molecule has 0 aliphatic carbocycles. The summed E-state index contributed by atoms with van der Waals surface area (Å²) in [4.78, 5) is 0.0518. The Morgan fingerprint density at radius 1 is 1.18 bits per heavy atom. The van der Waals surface area contributed by atoms with Crippen molar-refractivity contribution < 1.29 is 8.42 Å². The first kappa shape index (κ1) is 14.8. The fourth-order valence-corrected chi connectivity index (χ4v) is 3.53. The Hall–Kier alpha value is -0.290. The Balaban J connectivity index is 3.31. The minimum absolute atomic E-state index is 0.0518. The molecule has 0 fully saturated rings. The maximum absolute atomic E-state index is 12.1. The van der Waals surface area contributed by atoms with Crippen molar-refractivity contribution in [2.45, 2.75) is 38.1 Å². The van der Waals surface area contributed by atoms with E-state index in [0.29, 0.717) is 10.6 Å². The van der Waals surface area contributed by atoms with Gasteiger partial charge >= 0.3 is 0 Å². The number of sulfonamides is 1. The Kier molecular flexibility index (Phi) is 4.14. The average molecular weight is 296 g/mol. The summed E-state index contributed by atoms with van der Waals surface area (Å²) in [7, 11) is -3.63. The third-order valence-electron chi connectivity index (χ3n) is 2.01. The monoisotopic (exact) mass is 295 g/mol. The van der Waals surface area contributed by atoms with Gasteiger partial charge in [-0.3, -0.25) is 0 Å². The summed E-state index contributed by atoms with van der Waals surface area (Å²) in [5.74, 6) is 0. The van der Waals surface area contributed by atoms with Crippen molar-refractivity contribution in [3.63, 3.8) is 0 Å². The minimum Gasteiger partial charge on any atom is -0.207 e. The minimum atomic E-state index is -3.63. The highest BCUT2D eigenvalue weighted by Gasteiger charge is 2.25. The Morgan fingerprint density at radius 3 is 2.18 bits per heavy atom. The highest BCUT2D eigenvalue weighted by Crippen LogP contribution is 2.30. The zero-order chi connectivity index (χ0) is 13.4. The third-order valence-corrected chi connectivity index (χ3v) is 4.82. The molecule has 1 rings (SSSR count). The van der Waals surface area contributed by atoms with Gasteiger partial charge in [-0.15, -0.1) is 0 Å². The third kappa shape index (κ3) is 3.58. The zero-order valence-corrected chi connectivity index (χ0v) is 12.5. The number of halogens is 2. The first-order valence-corrected chi connectivity index (χ1v) is 7.27. The molecule has 0 heterocycles. The Labute approximate surface area is 112 Å². The first-order valence-electron chi connectivity index (χ1n) is 5.03. The largest absolute Gasteiger partial charge is 0.242 e. The molecule has 1 N–H and O–H groups in total. The van der Waals surface area contributed by atoms with Crippen molar-refractivity contribution in [2.24, 2.45) is 0 Å². The van der Waals surface area contributed by atoms with Crippen LogP contribution in [0.5, 0.6) is 0 Å². The van der Waals surface area contributed by atoms with Gasteiger partial charge in [-0.25, -0.2) is 13.1 Å². The summed E-state index contributed by atoms with van der Waals surface area (Å²) in [5, 5.41) is 0.610. The lowest BCUT2D eigenvalue weighted by molar-refractivity contribution is 0.491. The molecule has 0 saturated heterocycles. The van der Waals surface area contributed by atoms with Crippen LogP contribution in [0.1, 0.15) is 26.3 Å². The number of benzene rings is 1. The van der Waals surface area contributed by atoms with E-state index in [2.05, 4.69) is 4.72 Å². The summed E-state index contributed by atoms with van der Waals surface area (Å²) in [6, 6.07) is 2.94. The molecule has 0 atom stereocenters. The van der Waals surface area contributed by atoms with Gasteiger partial charge in [-0.2, -0.15) is 0 Å². The topological polar surface area (TPSA) is 46.2 Å². The van der Waals surface area contributed by atoms with E-state index in [9.17, 15) is 8.42 Å². The van der Waals surface area contributed by atoms with Gasteiger partial charge in [0.15, 0.2) is 0 Å². The number of hydrogen-bond donors (Lipinski definition) is 1. The van der Waals surface area contributed by atoms with Crippen LogP contribution in [0, 0.1) is 6.92 Å². The predicted molar refractivity (Wildman–Crippen MR) is 71.3 cm³/mol. The van der Waals surface area contributed by atoms with Crippen LogP contribution in [0.25, 0.3) is 0 Å². The van der Waals surface area contributed by atoms with Crippen LogP contribution in [0.3, 0.4) is 0 Å². The lowest BCUT2D eigenvalue weighted by Gasteiger charge is -2.21. The van der Waals surface area contributed by atoms with Crippen molar-refractivity contribution in [1.82, 2.24) is 4.72 Å². The fourth-order valence-electron chi connectivity index (χ4n) is 1.30. The molecule has 1 aromatic carbocycles. The second kappa shape index (κ2) is 4.76. The van der Waals surface area contributed by atoms with Gasteiger partial charge in [0.05, 0.1) is 5.02 Å². The van der Waals surface area contributed by atoms with Gasteiger partial charge < -0.3 is 0 Å². The van der Waals surface area contributed by atoms with Crippen molar-refractivity contribution in [2.75, 3.05) is 0 Å². The van der Waals surface area contributed by atoms with Crippen molar-refractivity contribution >= 4 is 33.2 Å². The van der Waals surface area contributed by atoms with E-state index in [4.69, 9.17) is 23.2 Å². The van der Waals surface area contributed by atoms with Crippen LogP contribution in [-0.2, 0) is 10.0 Å². The van der Waals surface area contributed by atoms with Crippen LogP contribution in [0.4, 0.5) is 0 Å². The molecule has 6 heteroatoms. The molecule has 17 heavy (non-hydrogen) atoms. The van der Waals surface area contributed by atoms with Gasteiger partial charge in [0.2, 0.25) is 10.0 Å². The van der Waals surface area contributed by atoms with Crippen LogP contribution >= 0.6 is 23.2 Å². The maximum atomic E-state index is 12.1. The molecule has 0 aromatic heterocycles. The van der Waals surface area contributed by atoms with E-state index < -0.39 is 15.6 Å². The van der Waals surface area contributed by atoms with E-state index in [0.717, 1.165) is 0 Å². The van der Waals surface area contributed by atoms with Crippen LogP contribution < -0.4 is 4.72 Å². The molecular formula is C11H15Cl2NO2S. The smallest absolute Gasteiger partial charge is 0.207 e. The van der Waals surface area contributed by atoms with E-state index in [1.807, 2.05) is 0 Å². The molecule has 0 amide bonds. The summed E-state index contributed by atoms with van der Waals surface area (Å²) in [5.41, 5.74) is 0.000476. The van der Waals surface area contributed by atoms with Crippen molar-refractivity contribution in [3.8, 4) is 0 Å². The quantitative estimate of drug-likeness (QED) is 0.909. The lowest BCUT2D eigenvalue weighted by Crippen LogP contribution is -2.40. The number of hydrogen-bond acceptors (Lipinski definition) is 2. The van der Waals surface area contributed by atoms with Gasteiger partial charge in [0, 0.05) is 10.6 Å². The lowest BCUT2D eigenvalue weighted by atomic mass is 10.1. The highest BCUT2D eigenvalue weighted by molar-refractivity contribution is 7.89. The average Bonchev–Trinajstić information content (AvgIpc) is 2.09. The predicted octanol–water partition coefficient (Wildman–Crippen LogP) is 3.38. The molecule has 3 nitrogen and oxygen atoms in total. The fraction of sp³-hybridized carbons (Fsp3) is 0.455. The molecule has 0 aliphatic rings. The van der Waals surface area contributed by atoms with Crippen molar-refractivity contribution in [3.05, 3.63) is 27.7 Å². The molecule has 0 aliphatic heterocycles. The summed E-state index contributed by atoms with van der Waals surface area (Å²) < 4.78 is 26.7. The molecule has 0 spiro atoms. The standard InChI is InChI=1S/C11H15Cl2NO2S/c1-7-8(12)5-6-9(10(7)13)17(15,16)14-11(2,3)4/h5-6,14H,1-4H3. The van der Waals surface area contributed by atoms with Gasteiger partial charge in [0.25, 0.3) is 0 Å². The highest BCUT2D eigenvalue weighted by atomic mass is 35.5.